The van der Waals surface area contributed by atoms with Gasteiger partial charge >= 0.3 is 0 Å². The molecule has 2 nitrogen and oxygen atoms in total. The van der Waals surface area contributed by atoms with Gasteiger partial charge in [-0.2, -0.15) is 4.37 Å². The zero-order chi connectivity index (χ0) is 9.05. The van der Waals surface area contributed by atoms with Crippen molar-refractivity contribution in [3.8, 4) is 0 Å². The Morgan fingerprint density at radius 3 is 2.77 bits per heavy atom. The maximum absolute atomic E-state index is 10.4. The molecule has 2 unspecified atom stereocenters. The van der Waals surface area contributed by atoms with Gasteiger partial charge in [-0.1, -0.05) is 6.42 Å². The lowest BCUT2D eigenvalue weighted by Crippen LogP contribution is -2.13. The van der Waals surface area contributed by atoms with Gasteiger partial charge < -0.3 is 5.11 Å². The van der Waals surface area contributed by atoms with Gasteiger partial charge in [-0.05, 0) is 52.1 Å². The summed E-state index contributed by atoms with van der Waals surface area (Å²) in [4.78, 5) is 0. The first-order chi connectivity index (χ1) is 6.24. The monoisotopic (exact) mass is 259 g/mol. The lowest BCUT2D eigenvalue weighted by molar-refractivity contribution is 0.101. The molecule has 2 atom stereocenters. The van der Waals surface area contributed by atoms with Gasteiger partial charge in [0, 0.05) is 5.38 Å². The molecule has 0 aliphatic heterocycles. The number of aliphatic hydroxyl groups is 1. The molecular weight excluding hydrogens is 250 g/mol. The van der Waals surface area contributed by atoms with Crippen LogP contribution in [0, 0.1) is 11.8 Å². The third-order valence-electron chi connectivity index (χ3n) is 3.44. The van der Waals surface area contributed by atoms with Crippen molar-refractivity contribution < 1.29 is 5.11 Å². The molecule has 2 aliphatic carbocycles. The fraction of sp³-hybridized carbons (Fsp3) is 0.667. The molecule has 2 saturated carbocycles. The van der Waals surface area contributed by atoms with Gasteiger partial charge in [-0.3, -0.25) is 0 Å². The van der Waals surface area contributed by atoms with Gasteiger partial charge in [0.25, 0.3) is 0 Å². The molecule has 70 valence electrons. The van der Waals surface area contributed by atoms with Crippen LogP contribution < -0.4 is 0 Å². The van der Waals surface area contributed by atoms with Crippen LogP contribution in [0.15, 0.2) is 9.85 Å². The molecule has 13 heavy (non-hydrogen) atoms. The predicted molar refractivity (Wildman–Crippen MR) is 54.5 cm³/mol. The summed E-state index contributed by atoms with van der Waals surface area (Å²) in [6.45, 7) is 0. The Morgan fingerprint density at radius 1 is 1.54 bits per heavy atom. The minimum atomic E-state index is -0.572. The van der Waals surface area contributed by atoms with Crippen molar-refractivity contribution in [1.29, 1.82) is 0 Å². The Hall–Kier alpha value is 0.0700. The largest absolute Gasteiger partial charge is 0.383 e. The number of aromatic nitrogens is 1. The second-order valence-electron chi connectivity index (χ2n) is 3.98. The molecule has 0 bridgehead atoms. The smallest absolute Gasteiger partial charge is 0.115 e. The average molecular weight is 260 g/mol. The van der Waals surface area contributed by atoms with Gasteiger partial charge in [0.15, 0.2) is 0 Å². The summed E-state index contributed by atoms with van der Waals surface area (Å²) in [6.07, 6.45) is 3.62. The fourth-order valence-corrected chi connectivity index (χ4v) is 4.14. The number of fused-ring (bicyclic) bond motifs is 1. The summed E-state index contributed by atoms with van der Waals surface area (Å²) in [6, 6.07) is 0. The molecule has 0 amide bonds. The zero-order valence-electron chi connectivity index (χ0n) is 7.03. The Morgan fingerprint density at radius 2 is 2.23 bits per heavy atom. The third kappa shape index (κ3) is 0.941. The molecule has 3 rings (SSSR count). The maximum atomic E-state index is 10.4. The van der Waals surface area contributed by atoms with Crippen molar-refractivity contribution >= 4 is 27.5 Å². The topological polar surface area (TPSA) is 33.1 Å². The average Bonchev–Trinajstić information content (AvgIpc) is 2.61. The van der Waals surface area contributed by atoms with Crippen LogP contribution in [0.2, 0.25) is 0 Å². The first-order valence-corrected chi connectivity index (χ1v) is 6.20. The second kappa shape index (κ2) is 2.55. The van der Waals surface area contributed by atoms with Crippen LogP contribution in [-0.2, 0) is 5.60 Å². The molecule has 0 saturated heterocycles. The van der Waals surface area contributed by atoms with Crippen LogP contribution in [0.25, 0.3) is 0 Å². The minimum Gasteiger partial charge on any atom is -0.383 e. The van der Waals surface area contributed by atoms with Crippen LogP contribution in [0.4, 0.5) is 0 Å². The van der Waals surface area contributed by atoms with Crippen molar-refractivity contribution in [3.63, 3.8) is 0 Å². The lowest BCUT2D eigenvalue weighted by Gasteiger charge is -2.11. The number of rotatable bonds is 1. The Labute approximate surface area is 89.3 Å². The Kier molecular flexibility index (Phi) is 1.65. The number of nitrogens with zero attached hydrogens (tertiary/aromatic N) is 1. The van der Waals surface area contributed by atoms with Crippen LogP contribution in [0.3, 0.4) is 0 Å². The van der Waals surface area contributed by atoms with E-state index < -0.39 is 5.60 Å². The van der Waals surface area contributed by atoms with E-state index in [4.69, 9.17) is 0 Å². The van der Waals surface area contributed by atoms with E-state index >= 15 is 0 Å². The summed E-state index contributed by atoms with van der Waals surface area (Å²) >= 11 is 4.85. The van der Waals surface area contributed by atoms with Gasteiger partial charge in [0.2, 0.25) is 0 Å². The van der Waals surface area contributed by atoms with Crippen molar-refractivity contribution in [2.75, 3.05) is 0 Å². The van der Waals surface area contributed by atoms with E-state index in [-0.39, 0.29) is 0 Å². The van der Waals surface area contributed by atoms with E-state index in [9.17, 15) is 5.11 Å². The van der Waals surface area contributed by atoms with E-state index in [2.05, 4.69) is 20.3 Å². The summed E-state index contributed by atoms with van der Waals surface area (Å²) in [5.74, 6) is 0.983. The van der Waals surface area contributed by atoms with Gasteiger partial charge in [-0.15, -0.1) is 0 Å². The van der Waals surface area contributed by atoms with Crippen molar-refractivity contribution in [1.82, 2.24) is 4.37 Å². The summed E-state index contributed by atoms with van der Waals surface area (Å²) < 4.78 is 5.26. The van der Waals surface area contributed by atoms with E-state index in [1.165, 1.54) is 30.8 Å². The molecule has 0 aromatic carbocycles. The highest BCUT2D eigenvalue weighted by Gasteiger charge is 2.68. The molecule has 1 aromatic heterocycles. The fourth-order valence-electron chi connectivity index (χ4n) is 2.76. The molecule has 1 aromatic rings. The molecule has 0 spiro atoms. The Bertz CT molecular complexity index is 341. The van der Waals surface area contributed by atoms with E-state index in [0.717, 1.165) is 10.2 Å². The molecule has 4 heteroatoms. The molecular formula is C9H10BrNOS. The van der Waals surface area contributed by atoms with Gasteiger partial charge in [0.1, 0.15) is 11.3 Å². The quantitative estimate of drug-likeness (QED) is 0.841. The lowest BCUT2D eigenvalue weighted by atomic mass is 10.1. The SMILES string of the molecule is OC1(c2nscc2Br)C2CCCC21. The van der Waals surface area contributed by atoms with Crippen molar-refractivity contribution in [2.45, 2.75) is 24.9 Å². The molecule has 1 heterocycles. The third-order valence-corrected chi connectivity index (χ3v) is 4.98. The molecule has 0 radical (unpaired) electrons. The second-order valence-corrected chi connectivity index (χ2v) is 5.46. The van der Waals surface area contributed by atoms with Gasteiger partial charge in [-0.25, -0.2) is 0 Å². The van der Waals surface area contributed by atoms with Crippen LogP contribution in [0.5, 0.6) is 0 Å². The predicted octanol–water partition coefficient (Wildman–Crippen LogP) is 2.52. The minimum absolute atomic E-state index is 0.492. The summed E-state index contributed by atoms with van der Waals surface area (Å²) in [5, 5.41) is 12.3. The first-order valence-electron chi connectivity index (χ1n) is 4.57. The number of halogens is 1. The van der Waals surface area contributed by atoms with E-state index in [1.807, 2.05) is 5.38 Å². The standard InChI is InChI=1S/C9H10BrNOS/c10-7-4-13-11-8(7)9(12)5-2-1-3-6(5)9/h4-6,12H,1-3H2. The Balaban J connectivity index is 1.99. The number of hydrogen-bond acceptors (Lipinski definition) is 3. The van der Waals surface area contributed by atoms with Crippen molar-refractivity contribution in [3.05, 3.63) is 15.5 Å². The molecule has 2 fully saturated rings. The highest BCUT2D eigenvalue weighted by atomic mass is 79.9. The normalized spacial score (nSPS) is 42.0. The van der Waals surface area contributed by atoms with Crippen LogP contribution in [0.1, 0.15) is 25.0 Å². The van der Waals surface area contributed by atoms with Gasteiger partial charge in [0.05, 0.1) is 4.47 Å². The summed E-state index contributed by atoms with van der Waals surface area (Å²) in [5.41, 5.74) is 0.309. The highest BCUT2D eigenvalue weighted by Crippen LogP contribution is 2.66. The van der Waals surface area contributed by atoms with E-state index in [1.54, 1.807) is 0 Å². The zero-order valence-corrected chi connectivity index (χ0v) is 9.44. The maximum Gasteiger partial charge on any atom is 0.115 e. The molecule has 2 aliphatic rings. The number of hydrogen-bond donors (Lipinski definition) is 1. The summed E-state index contributed by atoms with van der Waals surface area (Å²) in [7, 11) is 0. The molecule has 1 N–H and O–H groups in total. The van der Waals surface area contributed by atoms with E-state index in [0.29, 0.717) is 11.8 Å². The van der Waals surface area contributed by atoms with Crippen LogP contribution in [-0.4, -0.2) is 9.48 Å². The van der Waals surface area contributed by atoms with Crippen LogP contribution >= 0.6 is 27.5 Å². The van der Waals surface area contributed by atoms with Crippen molar-refractivity contribution in [2.24, 2.45) is 11.8 Å². The first kappa shape index (κ1) is 8.38. The highest BCUT2D eigenvalue weighted by molar-refractivity contribution is 9.10.